The zero-order valence-corrected chi connectivity index (χ0v) is 14.5. The number of para-hydroxylation sites is 1. The Balaban J connectivity index is 1.98. The third-order valence-corrected chi connectivity index (χ3v) is 4.37. The molecule has 0 radical (unpaired) electrons. The van der Waals surface area contributed by atoms with E-state index in [1.54, 1.807) is 0 Å². The molecule has 0 aliphatic heterocycles. The molecule has 0 fully saturated rings. The maximum Gasteiger partial charge on any atom is 0.207 e. The van der Waals surface area contributed by atoms with Gasteiger partial charge >= 0.3 is 0 Å². The van der Waals surface area contributed by atoms with E-state index in [-0.39, 0.29) is 5.78 Å². The number of carbonyl (C=O) groups excluding carboxylic acids is 1. The Morgan fingerprint density at radius 1 is 0.783 bits per heavy atom. The van der Waals surface area contributed by atoms with Gasteiger partial charge in [0.15, 0.2) is 6.10 Å². The molecule has 0 saturated heterocycles. The topological polar surface area (TPSA) is 26.3 Å². The average molecular weight is 414 g/mol. The van der Waals surface area contributed by atoms with Crippen LogP contribution in [0.4, 0.5) is 0 Å². The Labute approximate surface area is 149 Å². The molecule has 0 aliphatic rings. The number of ketones is 1. The zero-order chi connectivity index (χ0) is 16.1. The summed E-state index contributed by atoms with van der Waals surface area (Å²) in [4.78, 5) is 12.9. The van der Waals surface area contributed by atoms with Crippen LogP contribution in [-0.2, 0) is 0 Å². The van der Waals surface area contributed by atoms with Gasteiger partial charge in [0.1, 0.15) is 5.75 Å². The third kappa shape index (κ3) is 3.79. The van der Waals surface area contributed by atoms with Crippen LogP contribution in [0.25, 0.3) is 0 Å². The Morgan fingerprint density at radius 2 is 1.35 bits per heavy atom. The molecule has 0 aromatic heterocycles. The average Bonchev–Trinajstić information content (AvgIpc) is 2.62. The van der Waals surface area contributed by atoms with E-state index in [0.29, 0.717) is 11.3 Å². The summed E-state index contributed by atoms with van der Waals surface area (Å²) >= 11 is 2.21. The number of halogens is 1. The van der Waals surface area contributed by atoms with Gasteiger partial charge in [-0.3, -0.25) is 4.79 Å². The molecule has 3 rings (SSSR count). The maximum absolute atomic E-state index is 12.9. The van der Waals surface area contributed by atoms with Crippen LogP contribution in [0.5, 0.6) is 5.75 Å². The van der Waals surface area contributed by atoms with Gasteiger partial charge in [0.25, 0.3) is 0 Å². The molecule has 0 aliphatic carbocycles. The van der Waals surface area contributed by atoms with Crippen molar-refractivity contribution in [1.82, 2.24) is 0 Å². The molecule has 0 heterocycles. The molecule has 3 aromatic rings. The van der Waals surface area contributed by atoms with Crippen molar-refractivity contribution in [3.8, 4) is 5.75 Å². The van der Waals surface area contributed by atoms with Crippen LogP contribution in [0.15, 0.2) is 84.9 Å². The normalized spacial score (nSPS) is 11.7. The van der Waals surface area contributed by atoms with Crippen molar-refractivity contribution in [2.24, 2.45) is 0 Å². The predicted octanol–water partition coefficient (Wildman–Crippen LogP) is 5.29. The van der Waals surface area contributed by atoms with Gasteiger partial charge in [-0.2, -0.15) is 0 Å². The SMILES string of the molecule is O=C(c1ccccc1)C(Oc1ccccc1I)c1ccccc1. The molecule has 0 N–H and O–H groups in total. The molecular weight excluding hydrogens is 399 g/mol. The Kier molecular flexibility index (Phi) is 5.08. The summed E-state index contributed by atoms with van der Waals surface area (Å²) in [5.74, 6) is 0.669. The zero-order valence-electron chi connectivity index (χ0n) is 12.4. The molecule has 1 unspecified atom stereocenters. The molecule has 2 nitrogen and oxygen atoms in total. The molecular formula is C20H15IO2. The smallest absolute Gasteiger partial charge is 0.207 e. The number of hydrogen-bond acceptors (Lipinski definition) is 2. The second kappa shape index (κ2) is 7.42. The van der Waals surface area contributed by atoms with E-state index >= 15 is 0 Å². The minimum absolute atomic E-state index is 0.0450. The molecule has 23 heavy (non-hydrogen) atoms. The lowest BCUT2D eigenvalue weighted by Crippen LogP contribution is -2.19. The lowest BCUT2D eigenvalue weighted by Gasteiger charge is -2.19. The summed E-state index contributed by atoms with van der Waals surface area (Å²) in [5.41, 5.74) is 1.49. The number of hydrogen-bond donors (Lipinski definition) is 0. The van der Waals surface area contributed by atoms with E-state index in [2.05, 4.69) is 22.6 Å². The molecule has 0 spiro atoms. The number of ether oxygens (including phenoxy) is 1. The van der Waals surface area contributed by atoms with Crippen molar-refractivity contribution >= 4 is 28.4 Å². The Bertz CT molecular complexity index is 785. The van der Waals surface area contributed by atoms with Gasteiger partial charge in [0.05, 0.1) is 3.57 Å². The standard InChI is InChI=1S/C20H15IO2/c21-17-13-7-8-14-18(17)23-20(16-11-5-2-6-12-16)19(22)15-9-3-1-4-10-15/h1-14,20H. The van der Waals surface area contributed by atoms with E-state index in [0.717, 1.165) is 9.13 Å². The van der Waals surface area contributed by atoms with Crippen molar-refractivity contribution in [2.75, 3.05) is 0 Å². The lowest BCUT2D eigenvalue weighted by atomic mass is 10.00. The summed E-state index contributed by atoms with van der Waals surface area (Å²) in [6, 6.07) is 26.6. The third-order valence-electron chi connectivity index (χ3n) is 3.48. The minimum Gasteiger partial charge on any atom is -0.476 e. The van der Waals surface area contributed by atoms with Gasteiger partial charge in [-0.1, -0.05) is 72.8 Å². The number of benzene rings is 3. The van der Waals surface area contributed by atoms with Crippen molar-refractivity contribution < 1.29 is 9.53 Å². The number of Topliss-reactive ketones (excluding diaryl/α,β-unsaturated/α-hetero) is 1. The van der Waals surface area contributed by atoms with Crippen LogP contribution in [0.2, 0.25) is 0 Å². The first-order valence-electron chi connectivity index (χ1n) is 7.31. The minimum atomic E-state index is -0.658. The van der Waals surface area contributed by atoms with Gasteiger partial charge in [0.2, 0.25) is 5.78 Å². The van der Waals surface area contributed by atoms with Crippen molar-refractivity contribution in [2.45, 2.75) is 6.10 Å². The first kappa shape index (κ1) is 15.7. The summed E-state index contributed by atoms with van der Waals surface area (Å²) < 4.78 is 7.07. The van der Waals surface area contributed by atoms with E-state index < -0.39 is 6.10 Å². The highest BCUT2D eigenvalue weighted by Crippen LogP contribution is 2.28. The highest BCUT2D eigenvalue weighted by atomic mass is 127. The molecule has 3 aromatic carbocycles. The highest BCUT2D eigenvalue weighted by Gasteiger charge is 2.24. The van der Waals surface area contributed by atoms with Crippen LogP contribution in [0.1, 0.15) is 22.0 Å². The molecule has 0 bridgehead atoms. The van der Waals surface area contributed by atoms with Crippen LogP contribution < -0.4 is 4.74 Å². The lowest BCUT2D eigenvalue weighted by molar-refractivity contribution is 0.0791. The second-order valence-electron chi connectivity index (χ2n) is 5.07. The highest BCUT2D eigenvalue weighted by molar-refractivity contribution is 14.1. The Morgan fingerprint density at radius 3 is 2.00 bits per heavy atom. The van der Waals surface area contributed by atoms with Crippen LogP contribution in [-0.4, -0.2) is 5.78 Å². The summed E-state index contributed by atoms with van der Waals surface area (Å²) in [7, 11) is 0. The van der Waals surface area contributed by atoms with Gasteiger partial charge in [0, 0.05) is 11.1 Å². The van der Waals surface area contributed by atoms with Gasteiger partial charge in [-0.25, -0.2) is 0 Å². The van der Waals surface area contributed by atoms with E-state index in [1.807, 2.05) is 84.9 Å². The molecule has 0 amide bonds. The molecule has 1 atom stereocenters. The first-order valence-corrected chi connectivity index (χ1v) is 8.39. The summed E-state index contributed by atoms with van der Waals surface area (Å²) in [5, 5.41) is 0. The van der Waals surface area contributed by atoms with E-state index in [4.69, 9.17) is 4.74 Å². The molecule has 3 heteroatoms. The quantitative estimate of drug-likeness (QED) is 0.419. The number of carbonyl (C=O) groups is 1. The van der Waals surface area contributed by atoms with Crippen molar-refractivity contribution in [3.05, 3.63) is 99.6 Å². The number of rotatable bonds is 5. The summed E-state index contributed by atoms with van der Waals surface area (Å²) in [6.07, 6.45) is -0.658. The van der Waals surface area contributed by atoms with Gasteiger partial charge in [-0.15, -0.1) is 0 Å². The predicted molar refractivity (Wildman–Crippen MR) is 99.7 cm³/mol. The first-order chi connectivity index (χ1) is 11.3. The Hall–Kier alpha value is -2.14. The molecule has 114 valence electrons. The van der Waals surface area contributed by atoms with Crippen molar-refractivity contribution in [3.63, 3.8) is 0 Å². The van der Waals surface area contributed by atoms with Gasteiger partial charge < -0.3 is 4.74 Å². The van der Waals surface area contributed by atoms with E-state index in [9.17, 15) is 4.79 Å². The van der Waals surface area contributed by atoms with E-state index in [1.165, 1.54) is 0 Å². The maximum atomic E-state index is 12.9. The second-order valence-corrected chi connectivity index (χ2v) is 6.23. The fourth-order valence-electron chi connectivity index (χ4n) is 2.32. The fourth-order valence-corrected chi connectivity index (χ4v) is 2.84. The monoisotopic (exact) mass is 414 g/mol. The summed E-state index contributed by atoms with van der Waals surface area (Å²) in [6.45, 7) is 0. The van der Waals surface area contributed by atoms with Gasteiger partial charge in [-0.05, 0) is 34.7 Å². The van der Waals surface area contributed by atoms with Crippen molar-refractivity contribution in [1.29, 1.82) is 0 Å². The molecule has 0 saturated carbocycles. The van der Waals surface area contributed by atoms with Crippen LogP contribution in [0.3, 0.4) is 0 Å². The van der Waals surface area contributed by atoms with Crippen LogP contribution >= 0.6 is 22.6 Å². The van der Waals surface area contributed by atoms with Crippen LogP contribution in [0, 0.1) is 3.57 Å². The largest absolute Gasteiger partial charge is 0.476 e. The fraction of sp³-hybridized carbons (Fsp3) is 0.0500.